The fourth-order valence-electron chi connectivity index (χ4n) is 1.52. The third kappa shape index (κ3) is 5.36. The number of hydrogen-bond acceptors (Lipinski definition) is 4. The topological polar surface area (TPSA) is 64.2 Å². The monoisotopic (exact) mass is 205 g/mol. The molecule has 2 unspecified atom stereocenters. The van der Waals surface area contributed by atoms with E-state index in [0.29, 0.717) is 12.5 Å². The van der Waals surface area contributed by atoms with Crippen LogP contribution in [0, 0.1) is 0 Å². The summed E-state index contributed by atoms with van der Waals surface area (Å²) >= 11 is -1.88. The fraction of sp³-hybridized carbons (Fsp3) is 1.00. The van der Waals surface area contributed by atoms with E-state index in [1.54, 1.807) is 0 Å². The minimum Gasteiger partial charge on any atom is -0.772 e. The predicted molar refractivity (Wildman–Crippen MR) is 52.3 cm³/mol. The summed E-state index contributed by atoms with van der Waals surface area (Å²) in [6.45, 7) is 2.93. The molecule has 1 saturated heterocycles. The summed E-state index contributed by atoms with van der Waals surface area (Å²) < 4.78 is 20.4. The Bertz CT molecular complexity index is 160. The second kappa shape index (κ2) is 6.48. The van der Waals surface area contributed by atoms with Crippen LogP contribution in [0.4, 0.5) is 0 Å². The fourth-order valence-corrected chi connectivity index (χ4v) is 1.90. The van der Waals surface area contributed by atoms with Crippen molar-refractivity contribution in [1.82, 2.24) is 10.6 Å². The number of hydrogen-bond donors (Lipinski definition) is 2. The Labute approximate surface area is 81.8 Å². The summed E-state index contributed by atoms with van der Waals surface area (Å²) in [5.74, 6) is 0.271. The van der Waals surface area contributed by atoms with E-state index in [4.69, 9.17) is 0 Å². The zero-order valence-corrected chi connectivity index (χ0v) is 8.57. The van der Waals surface area contributed by atoms with E-state index in [0.717, 1.165) is 19.6 Å². The molecule has 4 nitrogen and oxygen atoms in total. The third-order valence-corrected chi connectivity index (χ3v) is 2.84. The maximum atomic E-state index is 10.2. The van der Waals surface area contributed by atoms with E-state index in [1.165, 1.54) is 12.8 Å². The van der Waals surface area contributed by atoms with Gasteiger partial charge in [0.15, 0.2) is 0 Å². The summed E-state index contributed by atoms with van der Waals surface area (Å²) in [7, 11) is 0. The molecular weight excluding hydrogens is 188 g/mol. The van der Waals surface area contributed by atoms with Gasteiger partial charge in [-0.15, -0.1) is 0 Å². The second-order valence-electron chi connectivity index (χ2n) is 3.36. The van der Waals surface area contributed by atoms with Gasteiger partial charge in [0, 0.05) is 18.3 Å². The Morgan fingerprint density at radius 2 is 2.46 bits per heavy atom. The Hall–Kier alpha value is 0.0300. The first-order valence-corrected chi connectivity index (χ1v) is 6.03. The predicted octanol–water partition coefficient (Wildman–Crippen LogP) is -0.403. The molecule has 0 aromatic rings. The summed E-state index contributed by atoms with van der Waals surface area (Å²) in [4.78, 5) is 0. The highest BCUT2D eigenvalue weighted by molar-refractivity contribution is 7.79. The maximum absolute atomic E-state index is 10.2. The van der Waals surface area contributed by atoms with Gasteiger partial charge in [0.05, 0.1) is 0 Å². The molecule has 0 saturated carbocycles. The third-order valence-electron chi connectivity index (χ3n) is 2.22. The van der Waals surface area contributed by atoms with Crippen molar-refractivity contribution in [3.8, 4) is 0 Å². The molecule has 0 aromatic carbocycles. The number of rotatable bonds is 5. The van der Waals surface area contributed by atoms with Crippen LogP contribution < -0.4 is 10.6 Å². The lowest BCUT2D eigenvalue weighted by Gasteiger charge is -2.23. The molecular formula is C8H17N2O2S-. The molecule has 1 rings (SSSR count). The maximum Gasteiger partial charge on any atom is 0.0192 e. The van der Waals surface area contributed by atoms with Gasteiger partial charge in [0.2, 0.25) is 0 Å². The first-order valence-electron chi connectivity index (χ1n) is 4.79. The molecule has 0 aliphatic carbocycles. The van der Waals surface area contributed by atoms with Crippen molar-refractivity contribution < 1.29 is 8.76 Å². The number of piperidine rings is 1. The summed E-state index contributed by atoms with van der Waals surface area (Å²) in [5.41, 5.74) is 0. The summed E-state index contributed by atoms with van der Waals surface area (Å²) in [6, 6.07) is 0.536. The lowest BCUT2D eigenvalue weighted by Crippen LogP contribution is -2.43. The Balaban J connectivity index is 1.95. The van der Waals surface area contributed by atoms with Crippen LogP contribution in [0.5, 0.6) is 0 Å². The molecule has 78 valence electrons. The highest BCUT2D eigenvalue weighted by Crippen LogP contribution is 2.00. The normalized spacial score (nSPS) is 25.8. The van der Waals surface area contributed by atoms with Gasteiger partial charge in [-0.25, -0.2) is 0 Å². The van der Waals surface area contributed by atoms with E-state index in [2.05, 4.69) is 10.6 Å². The molecule has 0 aromatic heterocycles. The zero-order valence-electron chi connectivity index (χ0n) is 7.75. The van der Waals surface area contributed by atoms with Crippen LogP contribution in [0.25, 0.3) is 0 Å². The Morgan fingerprint density at radius 3 is 3.08 bits per heavy atom. The van der Waals surface area contributed by atoms with E-state index < -0.39 is 11.1 Å². The Morgan fingerprint density at radius 1 is 1.62 bits per heavy atom. The molecule has 1 aliphatic rings. The Kier molecular flexibility index (Phi) is 5.54. The molecule has 0 bridgehead atoms. The van der Waals surface area contributed by atoms with Crippen molar-refractivity contribution in [3.63, 3.8) is 0 Å². The van der Waals surface area contributed by atoms with Crippen molar-refractivity contribution in [3.05, 3.63) is 0 Å². The standard InChI is InChI=1S/C8H18N2O2S/c11-13(12)6-2-5-10-8-3-1-4-9-7-8/h8-10H,1-7H2,(H,11,12)/p-1. The van der Waals surface area contributed by atoms with Crippen molar-refractivity contribution in [2.24, 2.45) is 0 Å². The van der Waals surface area contributed by atoms with Gasteiger partial charge in [0.25, 0.3) is 0 Å². The first-order chi connectivity index (χ1) is 6.29. The lowest BCUT2D eigenvalue weighted by atomic mass is 10.1. The number of nitrogens with one attached hydrogen (secondary N) is 2. The molecule has 2 N–H and O–H groups in total. The summed E-state index contributed by atoms with van der Waals surface area (Å²) in [6.07, 6.45) is 3.13. The molecule has 0 spiro atoms. The van der Waals surface area contributed by atoms with E-state index >= 15 is 0 Å². The summed E-state index contributed by atoms with van der Waals surface area (Å²) in [5, 5.41) is 6.64. The van der Waals surface area contributed by atoms with Crippen LogP contribution >= 0.6 is 0 Å². The van der Waals surface area contributed by atoms with Crippen molar-refractivity contribution in [2.75, 3.05) is 25.4 Å². The highest BCUT2D eigenvalue weighted by atomic mass is 32.2. The lowest BCUT2D eigenvalue weighted by molar-refractivity contribution is 0.390. The molecule has 13 heavy (non-hydrogen) atoms. The highest BCUT2D eigenvalue weighted by Gasteiger charge is 2.10. The molecule has 5 heteroatoms. The average molecular weight is 205 g/mol. The van der Waals surface area contributed by atoms with Crippen LogP contribution in [0.15, 0.2) is 0 Å². The van der Waals surface area contributed by atoms with E-state index in [9.17, 15) is 8.76 Å². The van der Waals surface area contributed by atoms with Gasteiger partial charge in [-0.3, -0.25) is 4.21 Å². The molecule has 0 radical (unpaired) electrons. The largest absolute Gasteiger partial charge is 0.772 e. The van der Waals surface area contributed by atoms with Crippen LogP contribution in [-0.2, 0) is 11.1 Å². The van der Waals surface area contributed by atoms with Crippen LogP contribution in [0.1, 0.15) is 19.3 Å². The first kappa shape index (κ1) is 11.1. The van der Waals surface area contributed by atoms with Crippen LogP contribution in [0.2, 0.25) is 0 Å². The zero-order chi connectivity index (χ0) is 9.52. The van der Waals surface area contributed by atoms with Gasteiger partial charge in [-0.05, 0) is 32.4 Å². The van der Waals surface area contributed by atoms with Crippen molar-refractivity contribution in [1.29, 1.82) is 0 Å². The van der Waals surface area contributed by atoms with Crippen molar-refractivity contribution in [2.45, 2.75) is 25.3 Å². The SMILES string of the molecule is O=S([O-])CCCNC1CCCNC1. The van der Waals surface area contributed by atoms with Gasteiger partial charge >= 0.3 is 0 Å². The average Bonchev–Trinajstić information content (AvgIpc) is 2.14. The second-order valence-corrected chi connectivity index (χ2v) is 4.37. The van der Waals surface area contributed by atoms with Crippen LogP contribution in [-0.4, -0.2) is 40.2 Å². The molecule has 1 fully saturated rings. The van der Waals surface area contributed by atoms with Gasteiger partial charge in [-0.1, -0.05) is 11.1 Å². The molecule has 2 atom stereocenters. The molecule has 1 heterocycles. The van der Waals surface area contributed by atoms with Crippen molar-refractivity contribution >= 4 is 11.1 Å². The quantitative estimate of drug-likeness (QED) is 0.473. The van der Waals surface area contributed by atoms with Crippen LogP contribution in [0.3, 0.4) is 0 Å². The smallest absolute Gasteiger partial charge is 0.0192 e. The van der Waals surface area contributed by atoms with E-state index in [1.807, 2.05) is 0 Å². The van der Waals surface area contributed by atoms with E-state index in [-0.39, 0.29) is 5.75 Å². The molecule has 1 aliphatic heterocycles. The molecule has 0 amide bonds. The van der Waals surface area contributed by atoms with Gasteiger partial charge in [0.1, 0.15) is 0 Å². The van der Waals surface area contributed by atoms with Gasteiger partial charge in [-0.2, -0.15) is 0 Å². The van der Waals surface area contributed by atoms with Gasteiger partial charge < -0.3 is 15.2 Å². The minimum absolute atomic E-state index is 0.271. The minimum atomic E-state index is -1.88.